The number of nitrogens with two attached hydrogens (primary N) is 1. The third-order valence-electron chi connectivity index (χ3n) is 2.13. The lowest BCUT2D eigenvalue weighted by Gasteiger charge is -2.32. The first-order valence-electron chi connectivity index (χ1n) is 4.69. The zero-order chi connectivity index (χ0) is 10.8. The number of hydrogen-bond donors (Lipinski definition) is 2. The number of carbonyl (C=O) groups is 1. The number of nitrogens with one attached hydrogen (secondary N) is 1. The molecule has 1 amide bonds. The van der Waals surface area contributed by atoms with E-state index < -0.39 is 6.04 Å². The fourth-order valence-electron chi connectivity index (χ4n) is 1.10. The average Bonchev–Trinajstić information content (AvgIpc) is 2.01. The van der Waals surface area contributed by atoms with Crippen molar-refractivity contribution in [3.63, 3.8) is 0 Å². The maximum atomic E-state index is 10.8. The number of primary amides is 1. The van der Waals surface area contributed by atoms with Gasteiger partial charge < -0.3 is 11.1 Å². The van der Waals surface area contributed by atoms with E-state index in [-0.39, 0.29) is 11.4 Å². The van der Waals surface area contributed by atoms with E-state index in [0.29, 0.717) is 0 Å². The zero-order valence-corrected chi connectivity index (χ0v) is 9.65. The standard InChI is InChI=1S/C9H17N3OS/c1-6(7(10)13)11-8-12-9(2,3)4-5-14-8/h6H,4-5H2,1-3H3,(H2,10,13)(H,11,12). The highest BCUT2D eigenvalue weighted by Crippen LogP contribution is 2.21. The van der Waals surface area contributed by atoms with E-state index in [1.165, 1.54) is 0 Å². The maximum Gasteiger partial charge on any atom is 0.242 e. The molecular formula is C9H17N3OS. The van der Waals surface area contributed by atoms with Gasteiger partial charge in [0.05, 0.1) is 0 Å². The van der Waals surface area contributed by atoms with Gasteiger partial charge in [-0.1, -0.05) is 11.8 Å². The Balaban J connectivity index is 2.64. The van der Waals surface area contributed by atoms with Crippen LogP contribution in [0.2, 0.25) is 0 Å². The highest BCUT2D eigenvalue weighted by molar-refractivity contribution is 8.13. The second-order valence-electron chi connectivity index (χ2n) is 4.12. The van der Waals surface area contributed by atoms with Crippen LogP contribution in [0.1, 0.15) is 27.2 Å². The van der Waals surface area contributed by atoms with E-state index in [2.05, 4.69) is 24.2 Å². The molecule has 1 fully saturated rings. The molecule has 1 aliphatic heterocycles. The predicted molar refractivity (Wildman–Crippen MR) is 60.4 cm³/mol. The Labute approximate surface area is 88.7 Å². The van der Waals surface area contributed by atoms with Crippen LogP contribution in [0.4, 0.5) is 0 Å². The minimum atomic E-state index is -0.445. The van der Waals surface area contributed by atoms with Gasteiger partial charge >= 0.3 is 0 Å². The van der Waals surface area contributed by atoms with Crippen molar-refractivity contribution in [2.45, 2.75) is 38.8 Å². The first-order valence-corrected chi connectivity index (χ1v) is 5.67. The summed E-state index contributed by atoms with van der Waals surface area (Å²) in [7, 11) is 0. The summed E-state index contributed by atoms with van der Waals surface area (Å²) in [5.41, 5.74) is 5.21. The molecule has 0 saturated carbocycles. The summed E-state index contributed by atoms with van der Waals surface area (Å²) in [6.07, 6.45) is 1.10. The van der Waals surface area contributed by atoms with Gasteiger partial charge in [0.15, 0.2) is 5.17 Å². The van der Waals surface area contributed by atoms with Crippen molar-refractivity contribution < 1.29 is 4.79 Å². The van der Waals surface area contributed by atoms with Crippen LogP contribution < -0.4 is 11.1 Å². The SMILES string of the molecule is CC(N=C1NC(C)(C)CCS1)C(N)=O. The van der Waals surface area contributed by atoms with Crippen LogP contribution in [-0.2, 0) is 4.79 Å². The molecule has 0 radical (unpaired) electrons. The summed E-state index contributed by atoms with van der Waals surface area (Å²) < 4.78 is 0. The van der Waals surface area contributed by atoms with Crippen LogP contribution in [0, 0.1) is 0 Å². The van der Waals surface area contributed by atoms with Crippen molar-refractivity contribution >= 4 is 22.8 Å². The number of nitrogens with zero attached hydrogens (tertiary/aromatic N) is 1. The summed E-state index contributed by atoms with van der Waals surface area (Å²) in [5.74, 6) is 0.646. The summed E-state index contributed by atoms with van der Waals surface area (Å²) in [4.78, 5) is 15.0. The predicted octanol–water partition coefficient (Wildman–Crippen LogP) is 0.721. The van der Waals surface area contributed by atoms with Crippen molar-refractivity contribution in [3.8, 4) is 0 Å². The van der Waals surface area contributed by atoms with E-state index in [4.69, 9.17) is 5.73 Å². The molecule has 4 nitrogen and oxygen atoms in total. The van der Waals surface area contributed by atoms with Gasteiger partial charge in [0, 0.05) is 11.3 Å². The van der Waals surface area contributed by atoms with Gasteiger partial charge in [-0.15, -0.1) is 0 Å². The normalized spacial score (nSPS) is 25.5. The molecule has 1 unspecified atom stereocenters. The Morgan fingerprint density at radius 1 is 1.71 bits per heavy atom. The van der Waals surface area contributed by atoms with Crippen molar-refractivity contribution in [2.75, 3.05) is 5.75 Å². The van der Waals surface area contributed by atoms with E-state index in [0.717, 1.165) is 17.3 Å². The molecule has 0 aliphatic carbocycles. The van der Waals surface area contributed by atoms with Crippen molar-refractivity contribution in [3.05, 3.63) is 0 Å². The topological polar surface area (TPSA) is 67.5 Å². The number of rotatable bonds is 2. The van der Waals surface area contributed by atoms with Crippen LogP contribution in [0.15, 0.2) is 4.99 Å². The molecule has 14 heavy (non-hydrogen) atoms. The van der Waals surface area contributed by atoms with Gasteiger partial charge in [0.2, 0.25) is 5.91 Å². The van der Waals surface area contributed by atoms with Crippen LogP contribution in [0.5, 0.6) is 0 Å². The molecule has 1 aliphatic rings. The fourth-order valence-corrected chi connectivity index (χ4v) is 2.49. The van der Waals surface area contributed by atoms with E-state index in [1.54, 1.807) is 18.7 Å². The largest absolute Gasteiger partial charge is 0.368 e. The van der Waals surface area contributed by atoms with Gasteiger partial charge in [0.1, 0.15) is 6.04 Å². The molecular weight excluding hydrogens is 198 g/mol. The zero-order valence-electron chi connectivity index (χ0n) is 8.83. The number of aliphatic imine (C=N–C) groups is 1. The summed E-state index contributed by atoms with van der Waals surface area (Å²) in [6, 6.07) is -0.445. The fraction of sp³-hybridized carbons (Fsp3) is 0.778. The Hall–Kier alpha value is -0.710. The summed E-state index contributed by atoms with van der Waals surface area (Å²) in [5, 5.41) is 4.11. The highest BCUT2D eigenvalue weighted by atomic mass is 32.2. The molecule has 5 heteroatoms. The molecule has 80 valence electrons. The Kier molecular flexibility index (Phi) is 3.42. The molecule has 1 saturated heterocycles. The Morgan fingerprint density at radius 3 is 2.86 bits per heavy atom. The third kappa shape index (κ3) is 3.21. The van der Waals surface area contributed by atoms with Gasteiger partial charge in [0.25, 0.3) is 0 Å². The number of thioether (sulfide) groups is 1. The quantitative estimate of drug-likeness (QED) is 0.713. The lowest BCUT2D eigenvalue weighted by Crippen LogP contribution is -2.46. The lowest BCUT2D eigenvalue weighted by atomic mass is 10.0. The number of carbonyl (C=O) groups excluding carboxylic acids is 1. The molecule has 0 aromatic rings. The van der Waals surface area contributed by atoms with Crippen LogP contribution in [0.3, 0.4) is 0 Å². The minimum absolute atomic E-state index is 0.0709. The van der Waals surface area contributed by atoms with Crippen LogP contribution in [-0.4, -0.2) is 28.4 Å². The smallest absolute Gasteiger partial charge is 0.242 e. The molecule has 0 aromatic carbocycles. The minimum Gasteiger partial charge on any atom is -0.368 e. The molecule has 1 atom stereocenters. The lowest BCUT2D eigenvalue weighted by molar-refractivity contribution is -0.118. The van der Waals surface area contributed by atoms with E-state index >= 15 is 0 Å². The second kappa shape index (κ2) is 4.21. The highest BCUT2D eigenvalue weighted by Gasteiger charge is 2.24. The van der Waals surface area contributed by atoms with Crippen LogP contribution in [0.25, 0.3) is 0 Å². The Bertz CT molecular complexity index is 263. The average molecular weight is 215 g/mol. The molecule has 0 aromatic heterocycles. The molecule has 1 heterocycles. The number of amides is 1. The first-order chi connectivity index (χ1) is 6.41. The van der Waals surface area contributed by atoms with E-state index in [9.17, 15) is 4.79 Å². The van der Waals surface area contributed by atoms with Crippen molar-refractivity contribution in [2.24, 2.45) is 10.7 Å². The second-order valence-corrected chi connectivity index (χ2v) is 5.20. The van der Waals surface area contributed by atoms with Crippen molar-refractivity contribution in [1.82, 2.24) is 5.32 Å². The monoisotopic (exact) mass is 215 g/mol. The molecule has 0 bridgehead atoms. The molecule has 1 rings (SSSR count). The summed E-state index contributed by atoms with van der Waals surface area (Å²) in [6.45, 7) is 5.95. The van der Waals surface area contributed by atoms with Gasteiger partial charge in [-0.2, -0.15) is 0 Å². The van der Waals surface area contributed by atoms with Crippen LogP contribution >= 0.6 is 11.8 Å². The van der Waals surface area contributed by atoms with Gasteiger partial charge in [-0.25, -0.2) is 4.99 Å². The van der Waals surface area contributed by atoms with Gasteiger partial charge in [-0.05, 0) is 27.2 Å². The molecule has 0 spiro atoms. The van der Waals surface area contributed by atoms with Gasteiger partial charge in [-0.3, -0.25) is 4.79 Å². The van der Waals surface area contributed by atoms with E-state index in [1.807, 2.05) is 0 Å². The molecule has 3 N–H and O–H groups in total. The number of hydrogen-bond acceptors (Lipinski definition) is 3. The number of amidine groups is 1. The van der Waals surface area contributed by atoms with Crippen molar-refractivity contribution in [1.29, 1.82) is 0 Å². The first kappa shape index (κ1) is 11.4. The third-order valence-corrected chi connectivity index (χ3v) is 3.02. The maximum absolute atomic E-state index is 10.8. The summed E-state index contributed by atoms with van der Waals surface area (Å²) >= 11 is 1.64. The Morgan fingerprint density at radius 2 is 2.36 bits per heavy atom.